The number of nitrogens with zero attached hydrogens (tertiary/aromatic N) is 1. The third-order valence-corrected chi connectivity index (χ3v) is 6.39. The van der Waals surface area contributed by atoms with Gasteiger partial charge in [-0.3, -0.25) is 4.79 Å². The third kappa shape index (κ3) is 2.97. The lowest BCUT2D eigenvalue weighted by atomic mass is 9.94. The SMILES string of the molecule is C=Cn1c2ccccc2c2cc(/C=C3/CC4=CC(OC)C(OC)C(OC)=C4C3=O)ccc21. The van der Waals surface area contributed by atoms with E-state index in [-0.39, 0.29) is 11.9 Å². The van der Waals surface area contributed by atoms with Gasteiger partial charge in [-0.1, -0.05) is 30.8 Å². The highest BCUT2D eigenvalue weighted by Crippen LogP contribution is 2.41. The molecule has 0 bridgehead atoms. The third-order valence-electron chi connectivity index (χ3n) is 6.39. The molecule has 1 fully saturated rings. The van der Waals surface area contributed by atoms with Crippen LogP contribution in [0.4, 0.5) is 0 Å². The Balaban J connectivity index is 1.61. The second-order valence-corrected chi connectivity index (χ2v) is 8.01. The molecule has 32 heavy (non-hydrogen) atoms. The molecule has 0 spiro atoms. The summed E-state index contributed by atoms with van der Waals surface area (Å²) >= 11 is 0. The number of Topliss-reactive ketones (excluding diaryl/α,β-unsaturated/α-hetero) is 1. The van der Waals surface area contributed by atoms with E-state index in [9.17, 15) is 4.79 Å². The molecule has 0 radical (unpaired) electrons. The number of benzene rings is 2. The molecule has 0 aliphatic heterocycles. The van der Waals surface area contributed by atoms with Crippen molar-refractivity contribution in [3.8, 4) is 0 Å². The monoisotopic (exact) mass is 427 g/mol. The second kappa shape index (κ2) is 7.93. The van der Waals surface area contributed by atoms with Gasteiger partial charge in [0.15, 0.2) is 5.78 Å². The average molecular weight is 428 g/mol. The molecule has 5 nitrogen and oxygen atoms in total. The molecule has 1 saturated carbocycles. The van der Waals surface area contributed by atoms with E-state index in [4.69, 9.17) is 14.2 Å². The zero-order valence-corrected chi connectivity index (χ0v) is 18.4. The minimum atomic E-state index is -0.437. The molecule has 5 heteroatoms. The maximum absolute atomic E-state index is 13.3. The predicted molar refractivity (Wildman–Crippen MR) is 127 cm³/mol. The molecule has 2 atom stereocenters. The van der Waals surface area contributed by atoms with E-state index in [0.29, 0.717) is 17.8 Å². The van der Waals surface area contributed by atoms with Crippen LogP contribution in [0.3, 0.4) is 0 Å². The first kappa shape index (κ1) is 20.5. The molecule has 1 aromatic heterocycles. The minimum absolute atomic E-state index is 0.0154. The molecular formula is C27H25NO4. The van der Waals surface area contributed by atoms with E-state index in [2.05, 4.69) is 35.4 Å². The van der Waals surface area contributed by atoms with Gasteiger partial charge in [0, 0.05) is 43.2 Å². The van der Waals surface area contributed by atoms with E-state index in [0.717, 1.165) is 38.5 Å². The van der Waals surface area contributed by atoms with Crippen molar-refractivity contribution < 1.29 is 19.0 Å². The van der Waals surface area contributed by atoms with Gasteiger partial charge in [-0.15, -0.1) is 0 Å². The van der Waals surface area contributed by atoms with E-state index in [1.807, 2.05) is 36.6 Å². The van der Waals surface area contributed by atoms with Crippen molar-refractivity contribution in [3.63, 3.8) is 0 Å². The first-order valence-electron chi connectivity index (χ1n) is 10.6. The first-order valence-corrected chi connectivity index (χ1v) is 10.6. The molecule has 0 amide bonds. The van der Waals surface area contributed by atoms with Crippen LogP contribution < -0.4 is 0 Å². The number of ether oxygens (including phenoxy) is 3. The summed E-state index contributed by atoms with van der Waals surface area (Å²) in [6.07, 6.45) is 5.61. The number of fused-ring (bicyclic) bond motifs is 4. The van der Waals surface area contributed by atoms with Crippen molar-refractivity contribution in [3.05, 3.63) is 83.2 Å². The topological polar surface area (TPSA) is 49.7 Å². The second-order valence-electron chi connectivity index (χ2n) is 8.01. The van der Waals surface area contributed by atoms with Gasteiger partial charge in [-0.05, 0) is 41.5 Å². The molecule has 2 aromatic carbocycles. The Bertz CT molecular complexity index is 1350. The summed E-state index contributed by atoms with van der Waals surface area (Å²) in [5.41, 5.74) is 5.46. The highest BCUT2D eigenvalue weighted by molar-refractivity contribution is 6.18. The van der Waals surface area contributed by atoms with Crippen molar-refractivity contribution in [1.29, 1.82) is 0 Å². The number of hydrogen-bond donors (Lipinski definition) is 0. The number of ketones is 1. The van der Waals surface area contributed by atoms with Crippen molar-refractivity contribution in [1.82, 2.24) is 4.57 Å². The summed E-state index contributed by atoms with van der Waals surface area (Å²) in [4.78, 5) is 13.3. The van der Waals surface area contributed by atoms with E-state index in [1.165, 1.54) is 0 Å². The van der Waals surface area contributed by atoms with Gasteiger partial charge in [-0.2, -0.15) is 0 Å². The Morgan fingerprint density at radius 3 is 2.53 bits per heavy atom. The van der Waals surface area contributed by atoms with Gasteiger partial charge in [-0.25, -0.2) is 0 Å². The smallest absolute Gasteiger partial charge is 0.193 e. The lowest BCUT2D eigenvalue weighted by Gasteiger charge is -2.29. The number of methoxy groups -OCH3 is 3. The Labute approximate surface area is 186 Å². The Kier molecular flexibility index (Phi) is 5.08. The van der Waals surface area contributed by atoms with Gasteiger partial charge >= 0.3 is 0 Å². The van der Waals surface area contributed by atoms with Crippen molar-refractivity contribution >= 4 is 39.9 Å². The Hall–Kier alpha value is -3.41. The molecular weight excluding hydrogens is 402 g/mol. The molecule has 2 unspecified atom stereocenters. The number of hydrogen-bond acceptors (Lipinski definition) is 4. The van der Waals surface area contributed by atoms with Crippen molar-refractivity contribution in [2.75, 3.05) is 21.3 Å². The Morgan fingerprint density at radius 2 is 1.81 bits per heavy atom. The van der Waals surface area contributed by atoms with E-state index in [1.54, 1.807) is 21.3 Å². The summed E-state index contributed by atoms with van der Waals surface area (Å²) in [6.45, 7) is 3.96. The highest BCUT2D eigenvalue weighted by Gasteiger charge is 2.40. The summed E-state index contributed by atoms with van der Waals surface area (Å²) < 4.78 is 18.8. The van der Waals surface area contributed by atoms with Crippen LogP contribution in [0.25, 0.3) is 34.1 Å². The quantitative estimate of drug-likeness (QED) is 0.530. The summed E-state index contributed by atoms with van der Waals surface area (Å²) in [6, 6.07) is 14.5. The van der Waals surface area contributed by atoms with Crippen LogP contribution in [-0.4, -0.2) is 43.9 Å². The number of para-hydroxylation sites is 1. The van der Waals surface area contributed by atoms with Crippen LogP contribution in [0.5, 0.6) is 0 Å². The van der Waals surface area contributed by atoms with Gasteiger partial charge in [0.05, 0.1) is 23.7 Å². The van der Waals surface area contributed by atoms with Crippen LogP contribution in [0.15, 0.2) is 77.6 Å². The zero-order valence-electron chi connectivity index (χ0n) is 18.4. The maximum atomic E-state index is 13.3. The molecule has 2 aliphatic carbocycles. The predicted octanol–water partition coefficient (Wildman–Crippen LogP) is 5.12. The average Bonchev–Trinajstić information content (AvgIpc) is 3.31. The fourth-order valence-electron chi connectivity index (χ4n) is 4.95. The standard InChI is InChI=1S/C27H25NO4/c1-5-28-21-9-7-6-8-19(21)20-13-16(10-11-22(20)28)12-18-14-17-15-23(30-2)26(31-3)27(32-4)24(17)25(18)29/h5-13,15,23,26H,1,14H2,2-4H3/b18-12-. The number of carbonyl (C=O) groups excluding carboxylic acids is 1. The lowest BCUT2D eigenvalue weighted by molar-refractivity contribution is -0.112. The van der Waals surface area contributed by atoms with E-state index < -0.39 is 6.10 Å². The Morgan fingerprint density at radius 1 is 1.03 bits per heavy atom. The highest BCUT2D eigenvalue weighted by atomic mass is 16.6. The zero-order chi connectivity index (χ0) is 22.4. The molecule has 0 saturated heterocycles. The maximum Gasteiger partial charge on any atom is 0.193 e. The normalized spacial score (nSPS) is 22.0. The molecule has 162 valence electrons. The summed E-state index contributed by atoms with van der Waals surface area (Å²) in [7, 11) is 4.80. The molecule has 5 rings (SSSR count). The van der Waals surface area contributed by atoms with Gasteiger partial charge < -0.3 is 18.8 Å². The van der Waals surface area contributed by atoms with Gasteiger partial charge in [0.2, 0.25) is 0 Å². The van der Waals surface area contributed by atoms with Crippen molar-refractivity contribution in [2.24, 2.45) is 0 Å². The van der Waals surface area contributed by atoms with Gasteiger partial charge in [0.1, 0.15) is 18.0 Å². The molecule has 0 N–H and O–H groups in total. The fraction of sp³-hybridized carbons (Fsp3) is 0.222. The first-order chi connectivity index (χ1) is 15.6. The van der Waals surface area contributed by atoms with Crippen LogP contribution in [0, 0.1) is 0 Å². The molecule has 3 aromatic rings. The number of rotatable bonds is 5. The van der Waals surface area contributed by atoms with Crippen LogP contribution in [0.2, 0.25) is 0 Å². The van der Waals surface area contributed by atoms with E-state index >= 15 is 0 Å². The number of allylic oxidation sites excluding steroid dienone is 3. The van der Waals surface area contributed by atoms with Crippen LogP contribution in [0.1, 0.15) is 12.0 Å². The lowest BCUT2D eigenvalue weighted by Crippen LogP contribution is -2.35. The fourth-order valence-corrected chi connectivity index (χ4v) is 4.95. The largest absolute Gasteiger partial charge is 0.497 e. The minimum Gasteiger partial charge on any atom is -0.497 e. The number of carbonyl (C=O) groups is 1. The summed E-state index contributed by atoms with van der Waals surface area (Å²) in [5, 5.41) is 2.29. The van der Waals surface area contributed by atoms with Crippen molar-refractivity contribution in [2.45, 2.75) is 18.6 Å². The van der Waals surface area contributed by atoms with Crippen LogP contribution in [-0.2, 0) is 19.0 Å². The molecule has 1 heterocycles. The number of aromatic nitrogens is 1. The van der Waals surface area contributed by atoms with Gasteiger partial charge in [0.25, 0.3) is 0 Å². The molecule has 2 aliphatic rings. The van der Waals surface area contributed by atoms with Crippen LogP contribution >= 0.6 is 0 Å². The summed E-state index contributed by atoms with van der Waals surface area (Å²) in [5.74, 6) is 0.521.